The Morgan fingerprint density at radius 2 is 1.62 bits per heavy atom. The van der Waals surface area contributed by atoms with E-state index in [1.165, 1.54) is 6.07 Å². The molecule has 1 heterocycles. The molecular formula is C19H15Cl2NO2. The molecular weight excluding hydrogens is 345 g/mol. The molecule has 1 atom stereocenters. The van der Waals surface area contributed by atoms with Gasteiger partial charge in [-0.05, 0) is 17.7 Å². The standard InChI is InChI=1S/C19H15Cl2NO2/c20-15-7-4-8-16(21)18(15)19(24)14-12-22(10-9-17(14)23)11-13-5-2-1-3-6-13/h1-10,12,19,24H,11H2. The zero-order chi connectivity index (χ0) is 17.1. The van der Waals surface area contributed by atoms with Crippen LogP contribution in [-0.4, -0.2) is 9.67 Å². The molecule has 0 saturated carbocycles. The number of aliphatic hydroxyl groups is 1. The summed E-state index contributed by atoms with van der Waals surface area (Å²) in [5.41, 5.74) is 1.42. The zero-order valence-corrected chi connectivity index (χ0v) is 14.2. The van der Waals surface area contributed by atoms with E-state index in [1.54, 1.807) is 30.6 Å². The minimum absolute atomic E-state index is 0.239. The van der Waals surface area contributed by atoms with Crippen LogP contribution in [0.3, 0.4) is 0 Å². The van der Waals surface area contributed by atoms with Crippen LogP contribution >= 0.6 is 23.2 Å². The normalized spacial score (nSPS) is 12.1. The van der Waals surface area contributed by atoms with Crippen molar-refractivity contribution in [1.82, 2.24) is 4.57 Å². The van der Waals surface area contributed by atoms with Gasteiger partial charge < -0.3 is 9.67 Å². The van der Waals surface area contributed by atoms with Crippen LogP contribution in [-0.2, 0) is 6.54 Å². The first kappa shape index (κ1) is 16.8. The van der Waals surface area contributed by atoms with Gasteiger partial charge in [0.15, 0.2) is 5.43 Å². The van der Waals surface area contributed by atoms with E-state index in [-0.39, 0.29) is 11.0 Å². The second-order valence-electron chi connectivity index (χ2n) is 5.46. The topological polar surface area (TPSA) is 42.2 Å². The molecule has 0 bridgehead atoms. The van der Waals surface area contributed by atoms with Gasteiger partial charge in [-0.2, -0.15) is 0 Å². The molecule has 122 valence electrons. The highest BCUT2D eigenvalue weighted by Gasteiger charge is 2.20. The molecule has 3 nitrogen and oxygen atoms in total. The number of hydrogen-bond donors (Lipinski definition) is 1. The predicted octanol–water partition coefficient (Wildman–Crippen LogP) is 4.29. The summed E-state index contributed by atoms with van der Waals surface area (Å²) < 4.78 is 1.85. The van der Waals surface area contributed by atoms with E-state index < -0.39 is 6.10 Å². The molecule has 0 aliphatic rings. The Balaban J connectivity index is 1.99. The van der Waals surface area contributed by atoms with Crippen LogP contribution in [0.15, 0.2) is 71.8 Å². The van der Waals surface area contributed by atoms with Crippen molar-refractivity contribution in [1.29, 1.82) is 0 Å². The SMILES string of the molecule is O=c1ccn(Cc2ccccc2)cc1C(O)c1c(Cl)cccc1Cl. The van der Waals surface area contributed by atoms with Crippen molar-refractivity contribution in [3.8, 4) is 0 Å². The van der Waals surface area contributed by atoms with E-state index in [9.17, 15) is 9.90 Å². The Morgan fingerprint density at radius 3 is 2.29 bits per heavy atom. The lowest BCUT2D eigenvalue weighted by atomic mass is 10.0. The molecule has 0 aliphatic carbocycles. The number of benzene rings is 2. The lowest BCUT2D eigenvalue weighted by molar-refractivity contribution is 0.218. The highest BCUT2D eigenvalue weighted by molar-refractivity contribution is 6.36. The van der Waals surface area contributed by atoms with Gasteiger partial charge >= 0.3 is 0 Å². The van der Waals surface area contributed by atoms with Crippen molar-refractivity contribution < 1.29 is 5.11 Å². The van der Waals surface area contributed by atoms with Gasteiger partial charge in [0.2, 0.25) is 0 Å². The van der Waals surface area contributed by atoms with Crippen LogP contribution in [0.25, 0.3) is 0 Å². The third kappa shape index (κ3) is 3.54. The maximum absolute atomic E-state index is 12.2. The lowest BCUT2D eigenvalue weighted by Crippen LogP contribution is -2.17. The van der Waals surface area contributed by atoms with Crippen molar-refractivity contribution >= 4 is 23.2 Å². The van der Waals surface area contributed by atoms with Gasteiger partial charge in [-0.1, -0.05) is 59.6 Å². The summed E-state index contributed by atoms with van der Waals surface area (Å²) >= 11 is 12.3. The van der Waals surface area contributed by atoms with Crippen LogP contribution in [0, 0.1) is 0 Å². The molecule has 3 aromatic rings. The summed E-state index contributed by atoms with van der Waals surface area (Å²) in [6, 6.07) is 16.3. The van der Waals surface area contributed by atoms with Gasteiger partial charge in [-0.25, -0.2) is 0 Å². The summed E-state index contributed by atoms with van der Waals surface area (Å²) in [6.45, 7) is 0.594. The number of aromatic nitrogens is 1. The van der Waals surface area contributed by atoms with Crippen molar-refractivity contribution in [2.45, 2.75) is 12.6 Å². The fourth-order valence-electron chi connectivity index (χ4n) is 2.57. The van der Waals surface area contributed by atoms with E-state index in [2.05, 4.69) is 0 Å². The van der Waals surface area contributed by atoms with E-state index in [1.807, 2.05) is 34.9 Å². The Labute approximate surface area is 149 Å². The number of aliphatic hydroxyl groups excluding tert-OH is 1. The van der Waals surface area contributed by atoms with Crippen LogP contribution in [0.1, 0.15) is 22.8 Å². The second kappa shape index (κ2) is 7.22. The van der Waals surface area contributed by atoms with E-state index in [0.29, 0.717) is 22.2 Å². The molecule has 1 aromatic heterocycles. The van der Waals surface area contributed by atoms with Gasteiger partial charge in [0.1, 0.15) is 6.10 Å². The molecule has 0 radical (unpaired) electrons. The number of pyridine rings is 1. The van der Waals surface area contributed by atoms with Gasteiger partial charge in [0.25, 0.3) is 0 Å². The van der Waals surface area contributed by atoms with Gasteiger partial charge in [0.05, 0.1) is 0 Å². The molecule has 0 fully saturated rings. The highest BCUT2D eigenvalue weighted by atomic mass is 35.5. The molecule has 2 aromatic carbocycles. The van der Waals surface area contributed by atoms with Crippen molar-refractivity contribution in [2.24, 2.45) is 0 Å². The first-order chi connectivity index (χ1) is 11.6. The highest BCUT2D eigenvalue weighted by Crippen LogP contribution is 2.32. The molecule has 1 unspecified atom stereocenters. The first-order valence-corrected chi connectivity index (χ1v) is 8.18. The minimum Gasteiger partial charge on any atom is -0.383 e. The van der Waals surface area contributed by atoms with E-state index in [4.69, 9.17) is 23.2 Å². The predicted molar refractivity (Wildman–Crippen MR) is 96.8 cm³/mol. The number of nitrogens with zero attached hydrogens (tertiary/aromatic N) is 1. The molecule has 0 amide bonds. The maximum atomic E-state index is 12.2. The number of rotatable bonds is 4. The summed E-state index contributed by atoms with van der Waals surface area (Å²) in [4.78, 5) is 12.2. The molecule has 3 rings (SSSR count). The molecule has 0 aliphatic heterocycles. The quantitative estimate of drug-likeness (QED) is 0.754. The molecule has 0 spiro atoms. The average Bonchev–Trinajstić information content (AvgIpc) is 2.57. The summed E-state index contributed by atoms with van der Waals surface area (Å²) in [6.07, 6.45) is 2.15. The van der Waals surface area contributed by atoms with Crippen molar-refractivity contribution in [2.75, 3.05) is 0 Å². The summed E-state index contributed by atoms with van der Waals surface area (Å²) in [7, 11) is 0. The van der Waals surface area contributed by atoms with E-state index in [0.717, 1.165) is 5.56 Å². The summed E-state index contributed by atoms with van der Waals surface area (Å²) in [5, 5.41) is 11.3. The fraction of sp³-hybridized carbons (Fsp3) is 0.105. The molecule has 0 saturated heterocycles. The van der Waals surface area contributed by atoms with Crippen LogP contribution in [0.2, 0.25) is 10.0 Å². The van der Waals surface area contributed by atoms with Crippen molar-refractivity contribution in [3.63, 3.8) is 0 Å². The first-order valence-electron chi connectivity index (χ1n) is 7.42. The number of halogens is 2. The largest absolute Gasteiger partial charge is 0.383 e. The maximum Gasteiger partial charge on any atom is 0.187 e. The van der Waals surface area contributed by atoms with Gasteiger partial charge in [0, 0.05) is 46.2 Å². The van der Waals surface area contributed by atoms with Crippen molar-refractivity contribution in [3.05, 3.63) is 104 Å². The Morgan fingerprint density at radius 1 is 0.958 bits per heavy atom. The van der Waals surface area contributed by atoms with Gasteiger partial charge in [-0.3, -0.25) is 4.79 Å². The average molecular weight is 360 g/mol. The number of hydrogen-bond acceptors (Lipinski definition) is 2. The van der Waals surface area contributed by atoms with Gasteiger partial charge in [-0.15, -0.1) is 0 Å². The third-order valence-electron chi connectivity index (χ3n) is 3.78. The Kier molecular flexibility index (Phi) is 5.05. The smallest absolute Gasteiger partial charge is 0.187 e. The Hall–Kier alpha value is -2.07. The van der Waals surface area contributed by atoms with E-state index >= 15 is 0 Å². The lowest BCUT2D eigenvalue weighted by Gasteiger charge is -2.16. The van der Waals surface area contributed by atoms with Crippen LogP contribution in [0.5, 0.6) is 0 Å². The molecule has 24 heavy (non-hydrogen) atoms. The zero-order valence-electron chi connectivity index (χ0n) is 12.7. The van der Waals surface area contributed by atoms with Crippen LogP contribution in [0.4, 0.5) is 0 Å². The third-order valence-corrected chi connectivity index (χ3v) is 4.44. The fourth-order valence-corrected chi connectivity index (χ4v) is 3.17. The second-order valence-corrected chi connectivity index (χ2v) is 6.27. The summed E-state index contributed by atoms with van der Waals surface area (Å²) in [5.74, 6) is 0. The molecule has 5 heteroatoms. The Bertz CT molecular complexity index is 886. The minimum atomic E-state index is -1.18. The van der Waals surface area contributed by atoms with Crippen LogP contribution < -0.4 is 5.43 Å². The monoisotopic (exact) mass is 359 g/mol. The molecule has 1 N–H and O–H groups in total.